The van der Waals surface area contributed by atoms with E-state index in [0.29, 0.717) is 11.9 Å². The van der Waals surface area contributed by atoms with Crippen molar-refractivity contribution in [2.75, 3.05) is 0 Å². The lowest BCUT2D eigenvalue weighted by atomic mass is 10.2. The summed E-state index contributed by atoms with van der Waals surface area (Å²) >= 11 is 1.85. The Morgan fingerprint density at radius 1 is 1.04 bits per heavy atom. The Balaban J connectivity index is 1.63. The van der Waals surface area contributed by atoms with Gasteiger partial charge in [-0.05, 0) is 49.6 Å². The summed E-state index contributed by atoms with van der Waals surface area (Å²) in [7, 11) is 0. The average Bonchev–Trinajstić information content (AvgIpc) is 3.31. The smallest absolute Gasteiger partial charge is 0.196 e. The zero-order chi connectivity index (χ0) is 17.8. The monoisotopic (exact) mass is 365 g/mol. The highest BCUT2D eigenvalue weighted by molar-refractivity contribution is 7.99. The van der Waals surface area contributed by atoms with Gasteiger partial charge in [0.25, 0.3) is 0 Å². The number of aryl methyl sites for hydroxylation is 1. The molecule has 0 N–H and O–H groups in total. The van der Waals surface area contributed by atoms with E-state index in [1.54, 1.807) is 0 Å². The van der Waals surface area contributed by atoms with Gasteiger partial charge < -0.3 is 4.74 Å². The van der Waals surface area contributed by atoms with Gasteiger partial charge in [0, 0.05) is 10.9 Å². The molecule has 26 heavy (non-hydrogen) atoms. The van der Waals surface area contributed by atoms with E-state index in [9.17, 15) is 0 Å². The Morgan fingerprint density at radius 3 is 2.62 bits per heavy atom. The van der Waals surface area contributed by atoms with Gasteiger partial charge in [0.2, 0.25) is 0 Å². The van der Waals surface area contributed by atoms with Crippen LogP contribution in [0.3, 0.4) is 0 Å². The molecule has 0 bridgehead atoms. The van der Waals surface area contributed by atoms with E-state index in [1.807, 2.05) is 42.1 Å². The first kappa shape index (κ1) is 17.2. The summed E-state index contributed by atoms with van der Waals surface area (Å²) in [5.74, 6) is 1.68. The van der Waals surface area contributed by atoms with Crippen molar-refractivity contribution < 1.29 is 4.74 Å². The number of aromatic nitrogens is 3. The standard InChI is InChI=1S/C21H23N3OS/c1-16-8-7-9-17(14-16)24-20(15-25-18-10-3-2-4-11-18)22-23-21(24)26-19-12-5-6-13-19/h2-4,7-11,14,19H,5-6,12-13,15H2,1H3. The van der Waals surface area contributed by atoms with Crippen LogP contribution in [0.25, 0.3) is 5.69 Å². The van der Waals surface area contributed by atoms with Gasteiger partial charge >= 0.3 is 0 Å². The third kappa shape index (κ3) is 3.93. The number of thioether (sulfide) groups is 1. The lowest BCUT2D eigenvalue weighted by molar-refractivity contribution is 0.293. The lowest BCUT2D eigenvalue weighted by Crippen LogP contribution is -2.08. The number of rotatable bonds is 6. The third-order valence-corrected chi connectivity index (χ3v) is 5.93. The molecule has 2 aromatic carbocycles. The van der Waals surface area contributed by atoms with E-state index >= 15 is 0 Å². The average molecular weight is 366 g/mol. The predicted molar refractivity (Wildman–Crippen MR) is 105 cm³/mol. The maximum absolute atomic E-state index is 5.94. The first-order valence-corrected chi connectivity index (χ1v) is 10.0. The number of nitrogens with zero attached hydrogens (tertiary/aromatic N) is 3. The minimum atomic E-state index is 0.399. The van der Waals surface area contributed by atoms with E-state index in [-0.39, 0.29) is 0 Å². The summed E-state index contributed by atoms with van der Waals surface area (Å²) < 4.78 is 8.09. The van der Waals surface area contributed by atoms with Gasteiger partial charge in [-0.3, -0.25) is 4.57 Å². The van der Waals surface area contributed by atoms with Crippen molar-refractivity contribution in [1.29, 1.82) is 0 Å². The zero-order valence-corrected chi connectivity index (χ0v) is 15.8. The molecule has 0 aliphatic heterocycles. The fraction of sp³-hybridized carbons (Fsp3) is 0.333. The first-order chi connectivity index (χ1) is 12.8. The van der Waals surface area contributed by atoms with Crippen LogP contribution in [0.5, 0.6) is 5.75 Å². The van der Waals surface area contributed by atoms with Crippen LogP contribution in [-0.2, 0) is 6.61 Å². The van der Waals surface area contributed by atoms with Crippen molar-refractivity contribution in [2.45, 2.75) is 49.6 Å². The van der Waals surface area contributed by atoms with Gasteiger partial charge in [0.15, 0.2) is 11.0 Å². The van der Waals surface area contributed by atoms with Crippen LogP contribution in [-0.4, -0.2) is 20.0 Å². The van der Waals surface area contributed by atoms with Crippen LogP contribution in [0, 0.1) is 6.92 Å². The largest absolute Gasteiger partial charge is 0.486 e. The molecule has 0 saturated heterocycles. The van der Waals surface area contributed by atoms with E-state index in [1.165, 1.54) is 31.2 Å². The van der Waals surface area contributed by atoms with E-state index in [0.717, 1.165) is 22.4 Å². The molecular formula is C21H23N3OS. The molecule has 0 spiro atoms. The fourth-order valence-electron chi connectivity index (χ4n) is 3.32. The molecular weight excluding hydrogens is 342 g/mol. The SMILES string of the molecule is Cc1cccc(-n2c(COc3ccccc3)nnc2SC2CCCC2)c1. The predicted octanol–water partition coefficient (Wildman–Crippen LogP) is 5.19. The second kappa shape index (κ2) is 7.96. The van der Waals surface area contributed by atoms with E-state index in [2.05, 4.69) is 46.0 Å². The van der Waals surface area contributed by atoms with Crippen molar-refractivity contribution in [1.82, 2.24) is 14.8 Å². The minimum absolute atomic E-state index is 0.399. The van der Waals surface area contributed by atoms with Gasteiger partial charge in [-0.2, -0.15) is 0 Å². The quantitative estimate of drug-likeness (QED) is 0.603. The third-order valence-electron chi connectivity index (χ3n) is 4.65. The molecule has 1 aliphatic carbocycles. The Hall–Kier alpha value is -2.27. The van der Waals surface area contributed by atoms with Gasteiger partial charge in [-0.25, -0.2) is 0 Å². The molecule has 0 amide bonds. The summed E-state index contributed by atoms with van der Waals surface area (Å²) in [6, 6.07) is 18.3. The van der Waals surface area contributed by atoms with Gasteiger partial charge in [0.1, 0.15) is 12.4 Å². The molecule has 4 nitrogen and oxygen atoms in total. The number of para-hydroxylation sites is 1. The fourth-order valence-corrected chi connectivity index (χ4v) is 4.59. The van der Waals surface area contributed by atoms with Crippen LogP contribution in [0.4, 0.5) is 0 Å². The molecule has 1 fully saturated rings. The Labute approximate surface area is 158 Å². The highest BCUT2D eigenvalue weighted by Crippen LogP contribution is 2.35. The van der Waals surface area contributed by atoms with Crippen LogP contribution in [0.15, 0.2) is 59.8 Å². The molecule has 4 rings (SSSR count). The van der Waals surface area contributed by atoms with Crippen LogP contribution < -0.4 is 4.74 Å². The summed E-state index contributed by atoms with van der Waals surface area (Å²) in [6.07, 6.45) is 5.17. The molecule has 1 saturated carbocycles. The molecule has 1 aliphatic rings. The van der Waals surface area contributed by atoms with Crippen molar-refractivity contribution in [2.24, 2.45) is 0 Å². The Morgan fingerprint density at radius 2 is 1.85 bits per heavy atom. The first-order valence-electron chi connectivity index (χ1n) is 9.15. The Bertz CT molecular complexity index is 857. The van der Waals surface area contributed by atoms with Crippen LogP contribution >= 0.6 is 11.8 Å². The summed E-state index contributed by atoms with van der Waals surface area (Å²) in [4.78, 5) is 0. The topological polar surface area (TPSA) is 39.9 Å². The van der Waals surface area contributed by atoms with Crippen LogP contribution in [0.1, 0.15) is 37.1 Å². The molecule has 0 atom stereocenters. The molecule has 3 aromatic rings. The maximum Gasteiger partial charge on any atom is 0.196 e. The van der Waals surface area contributed by atoms with Crippen molar-refractivity contribution in [3.05, 3.63) is 66.0 Å². The highest BCUT2D eigenvalue weighted by Gasteiger charge is 2.22. The van der Waals surface area contributed by atoms with E-state index in [4.69, 9.17) is 4.74 Å². The second-order valence-electron chi connectivity index (χ2n) is 6.70. The molecule has 0 unspecified atom stereocenters. The zero-order valence-electron chi connectivity index (χ0n) is 15.0. The van der Waals surface area contributed by atoms with Crippen molar-refractivity contribution in [3.63, 3.8) is 0 Å². The molecule has 5 heteroatoms. The Kier molecular flexibility index (Phi) is 5.25. The van der Waals surface area contributed by atoms with Crippen molar-refractivity contribution in [3.8, 4) is 11.4 Å². The number of ether oxygens (including phenoxy) is 1. The lowest BCUT2D eigenvalue weighted by Gasteiger charge is -2.13. The summed E-state index contributed by atoms with van der Waals surface area (Å²) in [5.41, 5.74) is 2.32. The van der Waals surface area contributed by atoms with Crippen LogP contribution in [0.2, 0.25) is 0 Å². The molecule has 0 radical (unpaired) electrons. The molecule has 134 valence electrons. The van der Waals surface area contributed by atoms with Crippen molar-refractivity contribution >= 4 is 11.8 Å². The minimum Gasteiger partial charge on any atom is -0.486 e. The molecule has 1 heterocycles. The van der Waals surface area contributed by atoms with Gasteiger partial charge in [0.05, 0.1) is 0 Å². The highest BCUT2D eigenvalue weighted by atomic mass is 32.2. The number of hydrogen-bond donors (Lipinski definition) is 0. The summed E-state index contributed by atoms with van der Waals surface area (Å²) in [6.45, 7) is 2.51. The van der Waals surface area contributed by atoms with Gasteiger partial charge in [-0.1, -0.05) is 54.9 Å². The summed E-state index contributed by atoms with van der Waals surface area (Å²) in [5, 5.41) is 10.6. The molecule has 1 aromatic heterocycles. The second-order valence-corrected chi connectivity index (χ2v) is 7.97. The number of benzene rings is 2. The maximum atomic E-state index is 5.94. The number of hydrogen-bond acceptors (Lipinski definition) is 4. The normalized spacial score (nSPS) is 14.7. The van der Waals surface area contributed by atoms with Gasteiger partial charge in [-0.15, -0.1) is 10.2 Å². The van der Waals surface area contributed by atoms with E-state index < -0.39 is 0 Å².